The predicted octanol–water partition coefficient (Wildman–Crippen LogP) is 0.987. The maximum atomic E-state index is 12.8. The number of benzene rings is 1. The van der Waals surface area contributed by atoms with E-state index in [4.69, 9.17) is 0 Å². The highest BCUT2D eigenvalue weighted by Gasteiger charge is 2.17. The van der Waals surface area contributed by atoms with Gasteiger partial charge in [0, 0.05) is 6.07 Å². The Kier molecular flexibility index (Phi) is 3.68. The van der Waals surface area contributed by atoms with Gasteiger partial charge < -0.3 is 4.74 Å². The van der Waals surface area contributed by atoms with Gasteiger partial charge in [0.25, 0.3) is 5.91 Å². The van der Waals surface area contributed by atoms with Crippen LogP contribution in [0.5, 0.6) is 0 Å². The van der Waals surface area contributed by atoms with Crippen molar-refractivity contribution in [2.45, 2.75) is 0 Å². The van der Waals surface area contributed by atoms with Crippen LogP contribution in [0.1, 0.15) is 20.7 Å². The molecule has 15 heavy (non-hydrogen) atoms. The third-order valence-electron chi connectivity index (χ3n) is 1.67. The molecule has 79 valence electrons. The van der Waals surface area contributed by atoms with E-state index in [-0.39, 0.29) is 11.1 Å². The van der Waals surface area contributed by atoms with Crippen molar-refractivity contribution in [1.82, 2.24) is 4.72 Å². The molecule has 0 fully saturated rings. The molecule has 1 amide bonds. The number of rotatable bonds is 2. The molecule has 0 aliphatic carbocycles. The fourth-order valence-electron chi connectivity index (χ4n) is 0.992. The van der Waals surface area contributed by atoms with Crippen molar-refractivity contribution in [2.75, 3.05) is 7.11 Å². The van der Waals surface area contributed by atoms with Crippen LogP contribution < -0.4 is 4.72 Å². The van der Waals surface area contributed by atoms with Crippen LogP contribution in [0.3, 0.4) is 0 Å². The zero-order valence-corrected chi connectivity index (χ0v) is 8.60. The molecule has 6 heteroatoms. The molecular formula is C9H7FNO3S. The van der Waals surface area contributed by atoms with Gasteiger partial charge in [-0.15, -0.1) is 0 Å². The zero-order chi connectivity index (χ0) is 11.4. The molecule has 0 heterocycles. The van der Waals surface area contributed by atoms with E-state index in [1.54, 1.807) is 0 Å². The molecule has 0 spiro atoms. The molecule has 4 nitrogen and oxygen atoms in total. The fourth-order valence-corrected chi connectivity index (χ4v) is 1.11. The second-order valence-electron chi connectivity index (χ2n) is 2.54. The summed E-state index contributed by atoms with van der Waals surface area (Å²) in [4.78, 5) is 22.4. The maximum Gasteiger partial charge on any atom is 0.338 e. The monoisotopic (exact) mass is 228 g/mol. The van der Waals surface area contributed by atoms with Crippen molar-refractivity contribution < 1.29 is 18.7 Å². The van der Waals surface area contributed by atoms with Crippen LogP contribution in [0, 0.1) is 11.9 Å². The third kappa shape index (κ3) is 2.47. The van der Waals surface area contributed by atoms with Crippen LogP contribution in [-0.2, 0) is 4.74 Å². The van der Waals surface area contributed by atoms with E-state index in [1.807, 2.05) is 4.72 Å². The van der Waals surface area contributed by atoms with Gasteiger partial charge in [0.15, 0.2) is 0 Å². The van der Waals surface area contributed by atoms with E-state index in [9.17, 15) is 14.0 Å². The summed E-state index contributed by atoms with van der Waals surface area (Å²) in [7, 11) is 1.16. The van der Waals surface area contributed by atoms with Gasteiger partial charge in [0.05, 0.1) is 18.2 Å². The number of hydrogen-bond acceptors (Lipinski definition) is 4. The van der Waals surface area contributed by atoms with Gasteiger partial charge >= 0.3 is 5.97 Å². The zero-order valence-electron chi connectivity index (χ0n) is 7.70. The van der Waals surface area contributed by atoms with Gasteiger partial charge in [-0.3, -0.25) is 9.52 Å². The van der Waals surface area contributed by atoms with Crippen molar-refractivity contribution in [3.8, 4) is 0 Å². The molecular weight excluding hydrogens is 221 g/mol. The lowest BCUT2D eigenvalue weighted by Gasteiger charge is -2.05. The molecule has 1 N–H and O–H groups in total. The number of halogens is 1. The minimum atomic E-state index is -0.741. The number of carbonyl (C=O) groups excluding carboxylic acids is 2. The summed E-state index contributed by atoms with van der Waals surface area (Å²) < 4.78 is 19.2. The van der Waals surface area contributed by atoms with Crippen LogP contribution >= 0.6 is 12.8 Å². The van der Waals surface area contributed by atoms with Crippen molar-refractivity contribution in [3.05, 3.63) is 35.1 Å². The van der Waals surface area contributed by atoms with Crippen LogP contribution in [0.25, 0.3) is 0 Å². The molecule has 1 radical (unpaired) electrons. The molecule has 0 unspecified atom stereocenters. The quantitative estimate of drug-likeness (QED) is 0.586. The predicted molar refractivity (Wildman–Crippen MR) is 53.0 cm³/mol. The summed E-state index contributed by atoms with van der Waals surface area (Å²) in [5.74, 6) is -2.17. The van der Waals surface area contributed by atoms with Crippen molar-refractivity contribution in [1.29, 1.82) is 0 Å². The SMILES string of the molecule is COC(=O)c1c[c]c(F)cc1C(=O)NS. The average molecular weight is 228 g/mol. The van der Waals surface area contributed by atoms with Crippen LogP contribution in [0.4, 0.5) is 4.39 Å². The molecule has 1 aromatic rings. The number of methoxy groups -OCH3 is 1. The highest BCUT2D eigenvalue weighted by Crippen LogP contribution is 2.12. The summed E-state index contributed by atoms with van der Waals surface area (Å²) in [6.07, 6.45) is 0. The molecule has 0 aliphatic rings. The van der Waals surface area contributed by atoms with Gasteiger partial charge in [-0.2, -0.15) is 0 Å². The Hall–Kier alpha value is -1.56. The van der Waals surface area contributed by atoms with E-state index < -0.39 is 17.7 Å². The number of amides is 1. The minimum Gasteiger partial charge on any atom is -0.465 e. The van der Waals surface area contributed by atoms with Crippen LogP contribution in [-0.4, -0.2) is 19.0 Å². The first-order valence-corrected chi connectivity index (χ1v) is 4.29. The normalized spacial score (nSPS) is 9.53. The van der Waals surface area contributed by atoms with Crippen molar-refractivity contribution >= 4 is 24.7 Å². The largest absolute Gasteiger partial charge is 0.465 e. The van der Waals surface area contributed by atoms with Crippen LogP contribution in [0.15, 0.2) is 12.1 Å². The molecule has 0 saturated heterocycles. The number of carbonyl (C=O) groups is 2. The first-order valence-electron chi connectivity index (χ1n) is 3.84. The number of thiol groups is 1. The smallest absolute Gasteiger partial charge is 0.338 e. The maximum absolute atomic E-state index is 12.8. The second kappa shape index (κ2) is 4.79. The lowest BCUT2D eigenvalue weighted by molar-refractivity contribution is 0.0596. The van der Waals surface area contributed by atoms with Crippen molar-refractivity contribution in [2.24, 2.45) is 0 Å². The van der Waals surface area contributed by atoms with E-state index in [2.05, 4.69) is 23.6 Å². The standard InChI is InChI=1S/C9H7FNO3S/c1-14-9(13)6-3-2-5(10)4-7(6)8(12)11-15/h3-4,15H,1H3,(H,11,12). The summed E-state index contributed by atoms with van der Waals surface area (Å²) in [5.41, 5.74) is -0.210. The summed E-state index contributed by atoms with van der Waals surface area (Å²) in [5, 5.41) is 0. The molecule has 0 aliphatic heterocycles. The number of nitrogens with one attached hydrogen (secondary N) is 1. The first kappa shape index (κ1) is 11.5. The van der Waals surface area contributed by atoms with Gasteiger partial charge in [0.2, 0.25) is 0 Å². The van der Waals surface area contributed by atoms with Gasteiger partial charge in [-0.1, -0.05) is 12.8 Å². The lowest BCUT2D eigenvalue weighted by atomic mass is 10.1. The Bertz CT molecular complexity index is 408. The van der Waals surface area contributed by atoms with E-state index >= 15 is 0 Å². The Balaban J connectivity index is 3.26. The summed E-state index contributed by atoms with van der Waals surface area (Å²) in [6.45, 7) is 0. The number of esters is 1. The highest BCUT2D eigenvalue weighted by atomic mass is 32.1. The first-order chi connectivity index (χ1) is 7.10. The Labute approximate surface area is 91.0 Å². The van der Waals surface area contributed by atoms with Gasteiger partial charge in [0.1, 0.15) is 5.82 Å². The summed E-state index contributed by atoms with van der Waals surface area (Å²) in [6, 6.07) is 4.10. The van der Waals surface area contributed by atoms with E-state index in [1.165, 1.54) is 0 Å². The lowest BCUT2D eigenvalue weighted by Crippen LogP contribution is -2.18. The molecule has 0 saturated carbocycles. The molecule has 0 atom stereocenters. The Morgan fingerprint density at radius 2 is 2.20 bits per heavy atom. The Morgan fingerprint density at radius 3 is 2.73 bits per heavy atom. The van der Waals surface area contributed by atoms with Gasteiger partial charge in [-0.25, -0.2) is 9.18 Å². The highest BCUT2D eigenvalue weighted by molar-refractivity contribution is 7.78. The van der Waals surface area contributed by atoms with Crippen molar-refractivity contribution in [3.63, 3.8) is 0 Å². The minimum absolute atomic E-state index is 0.0644. The molecule has 1 aromatic carbocycles. The third-order valence-corrected chi connectivity index (χ3v) is 1.87. The van der Waals surface area contributed by atoms with Crippen LogP contribution in [0.2, 0.25) is 0 Å². The van der Waals surface area contributed by atoms with E-state index in [0.717, 1.165) is 19.2 Å². The van der Waals surface area contributed by atoms with Gasteiger partial charge in [-0.05, 0) is 12.1 Å². The molecule has 0 bridgehead atoms. The average Bonchev–Trinajstić information content (AvgIpc) is 2.26. The Morgan fingerprint density at radius 1 is 1.53 bits per heavy atom. The topological polar surface area (TPSA) is 55.4 Å². The second-order valence-corrected chi connectivity index (χ2v) is 2.76. The summed E-state index contributed by atoms with van der Waals surface area (Å²) >= 11 is 3.52. The molecule has 1 rings (SSSR count). The molecule has 0 aromatic heterocycles. The van der Waals surface area contributed by atoms with E-state index in [0.29, 0.717) is 0 Å². The fraction of sp³-hybridized carbons (Fsp3) is 0.111. The number of ether oxygens (including phenoxy) is 1. The number of hydrogen-bond donors (Lipinski definition) is 2.